The molecule has 5 atom stereocenters. The van der Waals surface area contributed by atoms with E-state index in [-0.39, 0.29) is 24.0 Å². The second-order valence-electron chi connectivity index (χ2n) is 8.18. The molecule has 0 aliphatic carbocycles. The maximum Gasteiger partial charge on any atom is 0.326 e. The molecule has 0 rings (SSSR count). The fourth-order valence-corrected chi connectivity index (χ4v) is 3.09. The van der Waals surface area contributed by atoms with Gasteiger partial charge in [0.25, 0.3) is 0 Å². The van der Waals surface area contributed by atoms with E-state index in [9.17, 15) is 29.1 Å². The Labute approximate surface area is 193 Å². The van der Waals surface area contributed by atoms with Crippen molar-refractivity contribution in [2.75, 3.05) is 5.75 Å². The van der Waals surface area contributed by atoms with Crippen LogP contribution in [0.2, 0.25) is 0 Å². The minimum absolute atomic E-state index is 0.142. The van der Waals surface area contributed by atoms with Crippen LogP contribution in [0.4, 0.5) is 0 Å². The Balaban J connectivity index is 5.28. The molecule has 32 heavy (non-hydrogen) atoms. The van der Waals surface area contributed by atoms with Crippen molar-refractivity contribution in [2.24, 2.45) is 17.6 Å². The summed E-state index contributed by atoms with van der Waals surface area (Å²) in [6.45, 7) is 7.44. The summed E-state index contributed by atoms with van der Waals surface area (Å²) in [6, 6.07) is -4.37. The molecule has 0 bridgehead atoms. The van der Waals surface area contributed by atoms with Crippen molar-refractivity contribution in [3.63, 3.8) is 0 Å². The van der Waals surface area contributed by atoms with Crippen LogP contribution in [0.3, 0.4) is 0 Å². The molecule has 0 aromatic carbocycles. The number of thiol groups is 1. The van der Waals surface area contributed by atoms with Crippen molar-refractivity contribution in [2.45, 2.75) is 77.5 Å². The summed E-state index contributed by atoms with van der Waals surface area (Å²) >= 11 is 4.05. The molecule has 184 valence electrons. The maximum atomic E-state index is 12.9. The summed E-state index contributed by atoms with van der Waals surface area (Å²) in [7, 11) is 0. The predicted octanol–water partition coefficient (Wildman–Crippen LogP) is -0.260. The van der Waals surface area contributed by atoms with Gasteiger partial charge in [-0.1, -0.05) is 34.1 Å². The third kappa shape index (κ3) is 10.8. The van der Waals surface area contributed by atoms with Crippen LogP contribution in [0.1, 0.15) is 53.4 Å². The monoisotopic (exact) mass is 476 g/mol. The second-order valence-corrected chi connectivity index (χ2v) is 8.55. The van der Waals surface area contributed by atoms with Gasteiger partial charge in [-0.05, 0) is 24.7 Å². The van der Waals surface area contributed by atoms with E-state index in [1.54, 1.807) is 6.92 Å². The number of amides is 3. The molecule has 0 fully saturated rings. The molecule has 0 heterocycles. The SMILES string of the molecule is CCC(C)C(NC(=O)C(N)CC(C)C)C(=O)NC(CS)C(=O)NC(CCC(=O)O)C(=O)O. The van der Waals surface area contributed by atoms with Gasteiger partial charge in [0.15, 0.2) is 0 Å². The van der Waals surface area contributed by atoms with E-state index in [0.29, 0.717) is 12.8 Å². The van der Waals surface area contributed by atoms with Crippen molar-refractivity contribution < 1.29 is 34.2 Å². The highest BCUT2D eigenvalue weighted by atomic mass is 32.1. The van der Waals surface area contributed by atoms with Gasteiger partial charge in [0.1, 0.15) is 18.1 Å². The number of aliphatic carboxylic acids is 2. The highest BCUT2D eigenvalue weighted by molar-refractivity contribution is 7.80. The first-order valence-electron chi connectivity index (χ1n) is 10.6. The molecule has 0 spiro atoms. The predicted molar refractivity (Wildman–Crippen MR) is 121 cm³/mol. The molecule has 3 amide bonds. The fraction of sp³-hybridized carbons (Fsp3) is 0.750. The molecule has 5 unspecified atom stereocenters. The van der Waals surface area contributed by atoms with Crippen LogP contribution in [0.15, 0.2) is 0 Å². The Bertz CT molecular complexity index is 674. The molecule has 0 aliphatic heterocycles. The van der Waals surface area contributed by atoms with Crippen molar-refractivity contribution in [3.8, 4) is 0 Å². The summed E-state index contributed by atoms with van der Waals surface area (Å²) in [4.78, 5) is 59.8. The van der Waals surface area contributed by atoms with Gasteiger partial charge in [0.05, 0.1) is 6.04 Å². The van der Waals surface area contributed by atoms with E-state index in [0.717, 1.165) is 0 Å². The Morgan fingerprint density at radius 2 is 1.47 bits per heavy atom. The summed E-state index contributed by atoms with van der Waals surface area (Å²) in [6.07, 6.45) is 0.234. The lowest BCUT2D eigenvalue weighted by molar-refractivity contribution is -0.143. The number of carboxylic acid groups (broad SMARTS) is 2. The Kier molecular flexibility index (Phi) is 13.6. The van der Waals surface area contributed by atoms with Crippen molar-refractivity contribution >= 4 is 42.3 Å². The average Bonchev–Trinajstić information content (AvgIpc) is 2.70. The number of carbonyl (C=O) groups is 5. The lowest BCUT2D eigenvalue weighted by Gasteiger charge is -2.27. The topological polar surface area (TPSA) is 188 Å². The Hall–Kier alpha value is -2.34. The van der Waals surface area contributed by atoms with Crippen LogP contribution < -0.4 is 21.7 Å². The summed E-state index contributed by atoms with van der Waals surface area (Å²) < 4.78 is 0. The minimum atomic E-state index is -1.43. The highest BCUT2D eigenvalue weighted by Crippen LogP contribution is 2.10. The smallest absolute Gasteiger partial charge is 0.326 e. The van der Waals surface area contributed by atoms with Crippen molar-refractivity contribution in [1.82, 2.24) is 16.0 Å². The van der Waals surface area contributed by atoms with Crippen LogP contribution in [-0.4, -0.2) is 69.8 Å². The minimum Gasteiger partial charge on any atom is -0.481 e. The van der Waals surface area contributed by atoms with Gasteiger partial charge >= 0.3 is 11.9 Å². The van der Waals surface area contributed by atoms with Gasteiger partial charge in [0.2, 0.25) is 17.7 Å². The largest absolute Gasteiger partial charge is 0.481 e. The van der Waals surface area contributed by atoms with Crippen LogP contribution in [0.5, 0.6) is 0 Å². The number of carbonyl (C=O) groups excluding carboxylic acids is 3. The van der Waals surface area contributed by atoms with E-state index in [1.165, 1.54) is 0 Å². The van der Waals surface area contributed by atoms with Gasteiger partial charge in [-0.2, -0.15) is 12.6 Å². The zero-order chi connectivity index (χ0) is 25.0. The Morgan fingerprint density at radius 3 is 1.91 bits per heavy atom. The second kappa shape index (κ2) is 14.7. The van der Waals surface area contributed by atoms with Crippen LogP contribution in [0, 0.1) is 11.8 Å². The third-order valence-corrected chi connectivity index (χ3v) is 5.30. The number of rotatable bonds is 15. The summed E-state index contributed by atoms with van der Waals surface area (Å²) in [5, 5.41) is 25.3. The molecule has 12 heteroatoms. The zero-order valence-corrected chi connectivity index (χ0v) is 19.9. The van der Waals surface area contributed by atoms with Crippen molar-refractivity contribution in [3.05, 3.63) is 0 Å². The molecular weight excluding hydrogens is 440 g/mol. The van der Waals surface area contributed by atoms with Gasteiger partial charge in [-0.25, -0.2) is 4.79 Å². The normalized spacial score (nSPS) is 15.7. The van der Waals surface area contributed by atoms with E-state index in [4.69, 9.17) is 10.8 Å². The van der Waals surface area contributed by atoms with E-state index < -0.39 is 60.2 Å². The van der Waals surface area contributed by atoms with Gasteiger partial charge in [0, 0.05) is 12.2 Å². The Morgan fingerprint density at radius 1 is 0.906 bits per heavy atom. The van der Waals surface area contributed by atoms with Crippen LogP contribution >= 0.6 is 12.6 Å². The standard InChI is InChI=1S/C20H36N4O7S/c1-5-11(4)16(24-17(27)12(21)8-10(2)3)19(29)23-14(9-32)18(28)22-13(20(30)31)6-7-15(25)26/h10-14,16,32H,5-9,21H2,1-4H3,(H,22,28)(H,23,29)(H,24,27)(H,25,26)(H,30,31). The highest BCUT2D eigenvalue weighted by Gasteiger charge is 2.32. The van der Waals surface area contributed by atoms with Crippen LogP contribution in [-0.2, 0) is 24.0 Å². The molecule has 0 saturated heterocycles. The summed E-state index contributed by atoms with van der Waals surface area (Å²) in [5.74, 6) is -4.75. The zero-order valence-electron chi connectivity index (χ0n) is 19.0. The molecule has 7 N–H and O–H groups in total. The van der Waals surface area contributed by atoms with E-state index >= 15 is 0 Å². The molecule has 0 aliphatic rings. The fourth-order valence-electron chi connectivity index (χ4n) is 2.83. The average molecular weight is 477 g/mol. The number of nitrogens with one attached hydrogen (secondary N) is 3. The number of hydrogen-bond acceptors (Lipinski definition) is 7. The number of carboxylic acids is 2. The molecule has 0 saturated carbocycles. The molecule has 11 nitrogen and oxygen atoms in total. The molecule has 0 aromatic heterocycles. The van der Waals surface area contributed by atoms with E-state index in [2.05, 4.69) is 28.6 Å². The van der Waals surface area contributed by atoms with Gasteiger partial charge < -0.3 is 31.9 Å². The van der Waals surface area contributed by atoms with Gasteiger partial charge in [-0.15, -0.1) is 0 Å². The lowest BCUT2D eigenvalue weighted by Crippen LogP contribution is -2.59. The molecule has 0 radical (unpaired) electrons. The van der Waals surface area contributed by atoms with Crippen molar-refractivity contribution in [1.29, 1.82) is 0 Å². The first kappa shape index (κ1) is 29.7. The van der Waals surface area contributed by atoms with E-state index in [1.807, 2.05) is 20.8 Å². The number of hydrogen-bond donors (Lipinski definition) is 7. The lowest BCUT2D eigenvalue weighted by atomic mass is 9.96. The molecular formula is C20H36N4O7S. The maximum absolute atomic E-state index is 12.9. The summed E-state index contributed by atoms with van der Waals surface area (Å²) in [5.41, 5.74) is 5.90. The first-order valence-corrected chi connectivity index (χ1v) is 11.2. The third-order valence-electron chi connectivity index (χ3n) is 4.93. The first-order chi connectivity index (χ1) is 14.8. The molecule has 0 aromatic rings. The van der Waals surface area contributed by atoms with Crippen LogP contribution in [0.25, 0.3) is 0 Å². The number of nitrogens with two attached hydrogens (primary N) is 1. The van der Waals surface area contributed by atoms with Gasteiger partial charge in [-0.3, -0.25) is 19.2 Å². The quantitative estimate of drug-likeness (QED) is 0.157.